The zero-order valence-corrected chi connectivity index (χ0v) is 7.97. The highest BCUT2D eigenvalue weighted by Crippen LogP contribution is 2.33. The topological polar surface area (TPSA) is 117 Å². The second-order valence-electron chi connectivity index (χ2n) is 3.53. The summed E-state index contributed by atoms with van der Waals surface area (Å²) in [7, 11) is 0. The Morgan fingerprint density at radius 2 is 2.15 bits per heavy atom. The lowest BCUT2D eigenvalue weighted by Crippen LogP contribution is -2.53. The van der Waals surface area contributed by atoms with Crippen LogP contribution in [0.1, 0.15) is 17.0 Å². The number of nitrogens with zero attached hydrogens (tertiary/aromatic N) is 1. The maximum Gasteiger partial charge on any atom is 0.180 e. The average Bonchev–Trinajstić information content (AvgIpc) is 2.28. The largest absolute Gasteiger partial charge is 0.375 e. The van der Waals surface area contributed by atoms with Gasteiger partial charge < -0.3 is 22.9 Å². The second kappa shape index (κ2) is 2.65. The van der Waals surface area contributed by atoms with Crippen LogP contribution in [0.2, 0.25) is 0 Å². The third kappa shape index (κ3) is 1.42. The van der Waals surface area contributed by atoms with Gasteiger partial charge in [0.2, 0.25) is 0 Å². The SMILES string of the molecule is Nc1nc2c(s1)C[C@H](N)CC2(N)N. The van der Waals surface area contributed by atoms with Crippen molar-refractivity contribution in [1.29, 1.82) is 0 Å². The first-order valence-corrected chi connectivity index (χ1v) is 4.89. The molecular formula is C7H13N5S. The lowest BCUT2D eigenvalue weighted by Gasteiger charge is -2.31. The summed E-state index contributed by atoms with van der Waals surface area (Å²) in [6.45, 7) is 0. The summed E-state index contributed by atoms with van der Waals surface area (Å²) in [5, 5.41) is 0.513. The number of anilines is 1. The molecule has 0 spiro atoms. The monoisotopic (exact) mass is 199 g/mol. The van der Waals surface area contributed by atoms with Crippen LogP contribution in [0.25, 0.3) is 0 Å². The Hall–Kier alpha value is -0.690. The van der Waals surface area contributed by atoms with Crippen LogP contribution in [0.15, 0.2) is 0 Å². The van der Waals surface area contributed by atoms with Crippen molar-refractivity contribution < 1.29 is 0 Å². The van der Waals surface area contributed by atoms with Gasteiger partial charge in [-0.2, -0.15) is 0 Å². The Kier molecular flexibility index (Phi) is 1.81. The number of nitrogens with two attached hydrogens (primary N) is 4. The van der Waals surface area contributed by atoms with Crippen molar-refractivity contribution in [1.82, 2.24) is 4.98 Å². The van der Waals surface area contributed by atoms with Gasteiger partial charge in [0.15, 0.2) is 5.13 Å². The van der Waals surface area contributed by atoms with E-state index in [-0.39, 0.29) is 6.04 Å². The smallest absolute Gasteiger partial charge is 0.180 e. The minimum atomic E-state index is -0.902. The second-order valence-corrected chi connectivity index (χ2v) is 4.65. The molecule has 0 fully saturated rings. The van der Waals surface area contributed by atoms with Crippen LogP contribution in [-0.4, -0.2) is 11.0 Å². The molecule has 2 rings (SSSR count). The highest BCUT2D eigenvalue weighted by molar-refractivity contribution is 7.15. The standard InChI is InChI=1S/C7H13N5S/c8-3-1-4-5(7(10,11)2-3)12-6(9)13-4/h3H,1-2,8,10-11H2,(H2,9,12)/t3-/m0/s1. The number of aromatic nitrogens is 1. The van der Waals surface area contributed by atoms with E-state index in [1.54, 1.807) is 0 Å². The summed E-state index contributed by atoms with van der Waals surface area (Å²) in [5.74, 6) is 0. The minimum Gasteiger partial charge on any atom is -0.375 e. The molecule has 1 aromatic rings. The summed E-state index contributed by atoms with van der Waals surface area (Å²) in [6, 6.07) is 0.0161. The van der Waals surface area contributed by atoms with Gasteiger partial charge >= 0.3 is 0 Å². The molecule has 1 atom stereocenters. The molecule has 0 amide bonds. The van der Waals surface area contributed by atoms with Crippen molar-refractivity contribution >= 4 is 16.5 Å². The molecule has 0 saturated carbocycles. The van der Waals surface area contributed by atoms with Crippen LogP contribution < -0.4 is 22.9 Å². The maximum atomic E-state index is 5.88. The Morgan fingerprint density at radius 1 is 1.46 bits per heavy atom. The van der Waals surface area contributed by atoms with Gasteiger partial charge in [-0.15, -0.1) is 11.3 Å². The highest BCUT2D eigenvalue weighted by atomic mass is 32.1. The van der Waals surface area contributed by atoms with Gasteiger partial charge in [-0.3, -0.25) is 0 Å². The van der Waals surface area contributed by atoms with Crippen LogP contribution in [-0.2, 0) is 12.1 Å². The summed E-state index contributed by atoms with van der Waals surface area (Å²) < 4.78 is 0. The van der Waals surface area contributed by atoms with Crippen LogP contribution >= 0.6 is 11.3 Å². The van der Waals surface area contributed by atoms with Crippen LogP contribution in [0.4, 0.5) is 5.13 Å². The van der Waals surface area contributed by atoms with Gasteiger partial charge in [0.1, 0.15) is 5.66 Å². The van der Waals surface area contributed by atoms with Crippen LogP contribution in [0.3, 0.4) is 0 Å². The fraction of sp³-hybridized carbons (Fsp3) is 0.571. The number of hydrogen-bond acceptors (Lipinski definition) is 6. The molecule has 0 aliphatic heterocycles. The first-order valence-electron chi connectivity index (χ1n) is 4.08. The summed E-state index contributed by atoms with van der Waals surface area (Å²) in [4.78, 5) is 5.16. The van der Waals surface area contributed by atoms with Gasteiger partial charge in [-0.05, 0) is 12.8 Å². The number of nitrogen functional groups attached to an aromatic ring is 1. The van der Waals surface area contributed by atoms with E-state index in [1.165, 1.54) is 11.3 Å². The fourth-order valence-electron chi connectivity index (χ4n) is 1.71. The lowest BCUT2D eigenvalue weighted by molar-refractivity contribution is 0.348. The zero-order valence-electron chi connectivity index (χ0n) is 7.16. The summed E-state index contributed by atoms with van der Waals surface area (Å²) in [5.41, 5.74) is 23.0. The van der Waals surface area contributed by atoms with E-state index in [4.69, 9.17) is 22.9 Å². The van der Waals surface area contributed by atoms with Crippen molar-refractivity contribution in [3.05, 3.63) is 10.6 Å². The van der Waals surface area contributed by atoms with Crippen LogP contribution in [0, 0.1) is 0 Å². The molecule has 0 bridgehead atoms. The third-order valence-corrected chi connectivity index (χ3v) is 3.11. The molecule has 1 heterocycles. The summed E-state index contributed by atoms with van der Waals surface area (Å²) in [6.07, 6.45) is 1.34. The highest BCUT2D eigenvalue weighted by Gasteiger charge is 2.35. The van der Waals surface area contributed by atoms with E-state index < -0.39 is 5.66 Å². The number of rotatable bonds is 0. The quantitative estimate of drug-likeness (QED) is 0.403. The molecule has 0 aromatic carbocycles. The Labute approximate surface area is 80.1 Å². The first-order chi connectivity index (χ1) is 5.99. The number of fused-ring (bicyclic) bond motifs is 1. The molecule has 8 N–H and O–H groups in total. The van der Waals surface area contributed by atoms with E-state index in [0.717, 1.165) is 17.0 Å². The molecular weight excluding hydrogens is 186 g/mol. The zero-order chi connectivity index (χ0) is 9.64. The van der Waals surface area contributed by atoms with Gasteiger partial charge in [-0.25, -0.2) is 4.98 Å². The minimum absolute atomic E-state index is 0.0161. The predicted octanol–water partition coefficient (Wildman–Crippen LogP) is -0.931. The molecule has 1 aromatic heterocycles. The Bertz CT molecular complexity index is 332. The predicted molar refractivity (Wildman–Crippen MR) is 52.9 cm³/mol. The van der Waals surface area contributed by atoms with Gasteiger partial charge in [0.25, 0.3) is 0 Å². The van der Waals surface area contributed by atoms with Crippen molar-refractivity contribution in [3.8, 4) is 0 Å². The van der Waals surface area contributed by atoms with Gasteiger partial charge in [-0.1, -0.05) is 0 Å². The van der Waals surface area contributed by atoms with Crippen molar-refractivity contribution in [2.45, 2.75) is 24.5 Å². The van der Waals surface area contributed by atoms with E-state index >= 15 is 0 Å². The van der Waals surface area contributed by atoms with E-state index in [1.807, 2.05) is 0 Å². The molecule has 13 heavy (non-hydrogen) atoms. The van der Waals surface area contributed by atoms with Crippen molar-refractivity contribution in [2.75, 3.05) is 5.73 Å². The van der Waals surface area contributed by atoms with Crippen LogP contribution in [0.5, 0.6) is 0 Å². The number of thiazole rings is 1. The fourth-order valence-corrected chi connectivity index (χ4v) is 2.73. The number of hydrogen-bond donors (Lipinski definition) is 4. The molecule has 0 saturated heterocycles. The molecule has 0 unspecified atom stereocenters. The normalized spacial score (nSPS) is 25.6. The van der Waals surface area contributed by atoms with Crippen molar-refractivity contribution in [3.63, 3.8) is 0 Å². The van der Waals surface area contributed by atoms with Gasteiger partial charge in [0.05, 0.1) is 5.69 Å². The first kappa shape index (κ1) is 8.89. The Morgan fingerprint density at radius 3 is 2.85 bits per heavy atom. The van der Waals surface area contributed by atoms with Gasteiger partial charge in [0, 0.05) is 10.9 Å². The van der Waals surface area contributed by atoms with E-state index in [9.17, 15) is 0 Å². The Balaban J connectivity index is 2.49. The molecule has 0 radical (unpaired) electrons. The third-order valence-electron chi connectivity index (χ3n) is 2.20. The van der Waals surface area contributed by atoms with Crippen molar-refractivity contribution in [2.24, 2.45) is 17.2 Å². The molecule has 6 heteroatoms. The van der Waals surface area contributed by atoms with E-state index in [2.05, 4.69) is 4.98 Å². The van der Waals surface area contributed by atoms with E-state index in [0.29, 0.717) is 11.6 Å². The summed E-state index contributed by atoms with van der Waals surface area (Å²) >= 11 is 1.42. The maximum absolute atomic E-state index is 5.88. The average molecular weight is 199 g/mol. The molecule has 72 valence electrons. The lowest BCUT2D eigenvalue weighted by atomic mass is 9.89. The molecule has 5 nitrogen and oxygen atoms in total. The molecule has 1 aliphatic carbocycles. The molecule has 1 aliphatic rings.